The van der Waals surface area contributed by atoms with Gasteiger partial charge in [-0.05, 0) is 61.8 Å². The highest BCUT2D eigenvalue weighted by Crippen LogP contribution is 2.36. The number of aryl methyl sites for hydroxylation is 1. The standard InChI is InChI=1S/C16H22O2/c1-10-9-14(13-7-5-4-6-8-13)12(3)15(11(10)2)16(17)18/h9,13H,4-8H2,1-3H3,(H,17,18). The monoisotopic (exact) mass is 246 g/mol. The van der Waals surface area contributed by atoms with Crippen LogP contribution in [-0.4, -0.2) is 11.1 Å². The van der Waals surface area contributed by atoms with Gasteiger partial charge < -0.3 is 5.11 Å². The Kier molecular flexibility index (Phi) is 3.74. The lowest BCUT2D eigenvalue weighted by atomic mass is 9.79. The van der Waals surface area contributed by atoms with Crippen LogP contribution in [-0.2, 0) is 0 Å². The van der Waals surface area contributed by atoms with Crippen molar-refractivity contribution in [3.63, 3.8) is 0 Å². The van der Waals surface area contributed by atoms with Gasteiger partial charge in [-0.15, -0.1) is 0 Å². The second-order valence-electron chi connectivity index (χ2n) is 5.55. The lowest BCUT2D eigenvalue weighted by Crippen LogP contribution is -2.12. The van der Waals surface area contributed by atoms with Crippen molar-refractivity contribution in [2.45, 2.75) is 58.8 Å². The van der Waals surface area contributed by atoms with Crippen LogP contribution < -0.4 is 0 Å². The first kappa shape index (κ1) is 13.1. The summed E-state index contributed by atoms with van der Waals surface area (Å²) in [5.41, 5.74) is 4.81. The first-order chi connectivity index (χ1) is 8.52. The molecule has 1 fully saturated rings. The molecule has 0 atom stereocenters. The molecule has 2 nitrogen and oxygen atoms in total. The quantitative estimate of drug-likeness (QED) is 0.842. The fourth-order valence-electron chi connectivity index (χ4n) is 3.23. The molecule has 0 unspecified atom stereocenters. The van der Waals surface area contributed by atoms with Gasteiger partial charge in [-0.25, -0.2) is 4.79 Å². The molecule has 18 heavy (non-hydrogen) atoms. The molecule has 0 bridgehead atoms. The lowest BCUT2D eigenvalue weighted by Gasteiger charge is -2.25. The maximum atomic E-state index is 11.4. The van der Waals surface area contributed by atoms with Gasteiger partial charge >= 0.3 is 5.97 Å². The van der Waals surface area contributed by atoms with E-state index in [0.29, 0.717) is 11.5 Å². The second kappa shape index (κ2) is 5.13. The van der Waals surface area contributed by atoms with Crippen LogP contribution in [0.4, 0.5) is 0 Å². The van der Waals surface area contributed by atoms with Gasteiger partial charge in [-0.3, -0.25) is 0 Å². The van der Waals surface area contributed by atoms with Crippen molar-refractivity contribution in [1.29, 1.82) is 0 Å². The van der Waals surface area contributed by atoms with Crippen molar-refractivity contribution in [2.24, 2.45) is 0 Å². The molecule has 1 aromatic carbocycles. The zero-order valence-electron chi connectivity index (χ0n) is 11.5. The van der Waals surface area contributed by atoms with Gasteiger partial charge in [0.1, 0.15) is 0 Å². The van der Waals surface area contributed by atoms with Crippen LogP contribution in [0.5, 0.6) is 0 Å². The predicted molar refractivity (Wildman–Crippen MR) is 73.4 cm³/mol. The highest BCUT2D eigenvalue weighted by Gasteiger charge is 2.22. The molecule has 98 valence electrons. The number of hydrogen-bond acceptors (Lipinski definition) is 1. The average molecular weight is 246 g/mol. The van der Waals surface area contributed by atoms with Crippen molar-refractivity contribution in [3.8, 4) is 0 Å². The number of aromatic carboxylic acids is 1. The normalized spacial score (nSPS) is 16.8. The van der Waals surface area contributed by atoms with Crippen LogP contribution in [0.15, 0.2) is 6.07 Å². The van der Waals surface area contributed by atoms with Gasteiger partial charge in [0.15, 0.2) is 0 Å². The van der Waals surface area contributed by atoms with E-state index in [1.54, 1.807) is 0 Å². The van der Waals surface area contributed by atoms with E-state index in [1.165, 1.54) is 37.7 Å². The molecule has 0 saturated heterocycles. The Hall–Kier alpha value is -1.31. The third kappa shape index (κ3) is 2.29. The third-order valence-electron chi connectivity index (χ3n) is 4.41. The van der Waals surface area contributed by atoms with Crippen LogP contribution in [0, 0.1) is 20.8 Å². The largest absolute Gasteiger partial charge is 0.478 e. The molecule has 1 aliphatic carbocycles. The summed E-state index contributed by atoms with van der Waals surface area (Å²) in [6.07, 6.45) is 6.30. The Bertz CT molecular complexity index is 468. The molecular weight excluding hydrogens is 224 g/mol. The van der Waals surface area contributed by atoms with Gasteiger partial charge in [0.25, 0.3) is 0 Å². The number of hydrogen-bond donors (Lipinski definition) is 1. The number of carboxylic acids is 1. The molecule has 1 saturated carbocycles. The minimum absolute atomic E-state index is 0.524. The Labute approximate surface area is 109 Å². The van der Waals surface area contributed by atoms with Crippen molar-refractivity contribution in [3.05, 3.63) is 33.9 Å². The number of rotatable bonds is 2. The van der Waals surface area contributed by atoms with Gasteiger partial charge in [-0.1, -0.05) is 25.3 Å². The molecular formula is C16H22O2. The molecule has 0 amide bonds. The first-order valence-corrected chi connectivity index (χ1v) is 6.86. The molecule has 0 radical (unpaired) electrons. The van der Waals surface area contributed by atoms with E-state index in [2.05, 4.69) is 6.07 Å². The van der Waals surface area contributed by atoms with E-state index < -0.39 is 5.97 Å². The van der Waals surface area contributed by atoms with Gasteiger partial charge in [0.2, 0.25) is 0 Å². The molecule has 2 heteroatoms. The summed E-state index contributed by atoms with van der Waals surface area (Å²) in [5, 5.41) is 9.39. The minimum atomic E-state index is -0.786. The lowest BCUT2D eigenvalue weighted by molar-refractivity contribution is 0.0695. The third-order valence-corrected chi connectivity index (χ3v) is 4.41. The minimum Gasteiger partial charge on any atom is -0.478 e. The van der Waals surface area contributed by atoms with E-state index in [9.17, 15) is 9.90 Å². The highest BCUT2D eigenvalue weighted by molar-refractivity contribution is 5.92. The Morgan fingerprint density at radius 1 is 1.11 bits per heavy atom. The summed E-state index contributed by atoms with van der Waals surface area (Å²) in [6.45, 7) is 5.91. The average Bonchev–Trinajstić information content (AvgIpc) is 2.34. The number of carbonyl (C=O) groups is 1. The van der Waals surface area contributed by atoms with Crippen molar-refractivity contribution < 1.29 is 9.90 Å². The van der Waals surface area contributed by atoms with Crippen molar-refractivity contribution >= 4 is 5.97 Å². The van der Waals surface area contributed by atoms with Gasteiger partial charge in [-0.2, -0.15) is 0 Å². The number of benzene rings is 1. The van der Waals surface area contributed by atoms with E-state index in [1.807, 2.05) is 20.8 Å². The van der Waals surface area contributed by atoms with E-state index in [4.69, 9.17) is 0 Å². The van der Waals surface area contributed by atoms with E-state index in [-0.39, 0.29) is 0 Å². The summed E-state index contributed by atoms with van der Waals surface area (Å²) in [6, 6.07) is 2.22. The van der Waals surface area contributed by atoms with Crippen molar-refractivity contribution in [2.75, 3.05) is 0 Å². The molecule has 1 N–H and O–H groups in total. The maximum absolute atomic E-state index is 11.4. The fourth-order valence-corrected chi connectivity index (χ4v) is 3.23. The van der Waals surface area contributed by atoms with E-state index in [0.717, 1.165) is 16.7 Å². The van der Waals surface area contributed by atoms with Crippen LogP contribution in [0.1, 0.15) is 70.6 Å². The van der Waals surface area contributed by atoms with Gasteiger partial charge in [0, 0.05) is 0 Å². The Morgan fingerprint density at radius 3 is 2.28 bits per heavy atom. The summed E-state index contributed by atoms with van der Waals surface area (Å²) >= 11 is 0. The molecule has 0 spiro atoms. The predicted octanol–water partition coefficient (Wildman–Crippen LogP) is 4.36. The molecule has 0 aromatic heterocycles. The topological polar surface area (TPSA) is 37.3 Å². The maximum Gasteiger partial charge on any atom is 0.336 e. The summed E-state index contributed by atoms with van der Waals surface area (Å²) in [4.78, 5) is 11.4. The summed E-state index contributed by atoms with van der Waals surface area (Å²) in [7, 11) is 0. The second-order valence-corrected chi connectivity index (χ2v) is 5.55. The molecule has 2 rings (SSSR count). The molecule has 0 aliphatic heterocycles. The molecule has 0 heterocycles. The van der Waals surface area contributed by atoms with Crippen molar-refractivity contribution in [1.82, 2.24) is 0 Å². The van der Waals surface area contributed by atoms with E-state index >= 15 is 0 Å². The number of carboxylic acid groups (broad SMARTS) is 1. The van der Waals surface area contributed by atoms with Crippen LogP contribution in [0.2, 0.25) is 0 Å². The zero-order chi connectivity index (χ0) is 13.3. The highest BCUT2D eigenvalue weighted by atomic mass is 16.4. The smallest absolute Gasteiger partial charge is 0.336 e. The summed E-state index contributed by atoms with van der Waals surface area (Å²) in [5.74, 6) is -0.220. The van der Waals surface area contributed by atoms with Crippen LogP contribution >= 0.6 is 0 Å². The molecule has 1 aliphatic rings. The van der Waals surface area contributed by atoms with Gasteiger partial charge in [0.05, 0.1) is 5.56 Å². The Balaban J connectivity index is 2.50. The summed E-state index contributed by atoms with van der Waals surface area (Å²) < 4.78 is 0. The Morgan fingerprint density at radius 2 is 1.72 bits per heavy atom. The first-order valence-electron chi connectivity index (χ1n) is 6.86. The van der Waals surface area contributed by atoms with Crippen LogP contribution in [0.25, 0.3) is 0 Å². The molecule has 1 aromatic rings. The fraction of sp³-hybridized carbons (Fsp3) is 0.562. The van der Waals surface area contributed by atoms with Crippen LogP contribution in [0.3, 0.4) is 0 Å². The zero-order valence-corrected chi connectivity index (χ0v) is 11.5. The SMILES string of the molecule is Cc1cc(C2CCCCC2)c(C)c(C(=O)O)c1C.